The zero-order chi connectivity index (χ0) is 15.4. The summed E-state index contributed by atoms with van der Waals surface area (Å²) >= 11 is 6.11. The van der Waals surface area contributed by atoms with Crippen molar-refractivity contribution in [3.63, 3.8) is 0 Å². The van der Waals surface area contributed by atoms with Crippen molar-refractivity contribution in [1.29, 1.82) is 0 Å². The molecule has 0 unspecified atom stereocenters. The monoisotopic (exact) mass is 304 g/mol. The molecule has 2 aromatic rings. The van der Waals surface area contributed by atoms with Crippen molar-refractivity contribution in [2.45, 2.75) is 19.8 Å². The van der Waals surface area contributed by atoms with E-state index < -0.39 is 5.97 Å². The van der Waals surface area contributed by atoms with E-state index in [2.05, 4.69) is 13.8 Å². The minimum absolute atomic E-state index is 0.354. The maximum Gasteiger partial charge on any atom is 0.337 e. The van der Waals surface area contributed by atoms with Gasteiger partial charge >= 0.3 is 5.97 Å². The van der Waals surface area contributed by atoms with Gasteiger partial charge in [0.25, 0.3) is 0 Å². The highest BCUT2D eigenvalue weighted by Gasteiger charge is 2.08. The van der Waals surface area contributed by atoms with Crippen molar-refractivity contribution in [3.05, 3.63) is 58.6 Å². The van der Waals surface area contributed by atoms with Crippen LogP contribution >= 0.6 is 11.6 Å². The van der Waals surface area contributed by atoms with E-state index in [0.29, 0.717) is 28.0 Å². The summed E-state index contributed by atoms with van der Waals surface area (Å²) in [4.78, 5) is 11.5. The van der Waals surface area contributed by atoms with Gasteiger partial charge in [0.15, 0.2) is 0 Å². The number of ether oxygens (including phenoxy) is 2. The first kappa shape index (κ1) is 15.4. The number of methoxy groups -OCH3 is 1. The van der Waals surface area contributed by atoms with Crippen LogP contribution in [-0.4, -0.2) is 13.1 Å². The van der Waals surface area contributed by atoms with E-state index in [0.717, 1.165) is 5.56 Å². The number of hydrogen-bond acceptors (Lipinski definition) is 3. The first-order valence-corrected chi connectivity index (χ1v) is 7.04. The highest BCUT2D eigenvalue weighted by Crippen LogP contribution is 2.29. The summed E-state index contributed by atoms with van der Waals surface area (Å²) in [5.41, 5.74) is 1.54. The van der Waals surface area contributed by atoms with E-state index in [1.165, 1.54) is 7.11 Å². The molecule has 0 aliphatic carbocycles. The highest BCUT2D eigenvalue weighted by molar-refractivity contribution is 6.30. The van der Waals surface area contributed by atoms with Crippen LogP contribution in [0.4, 0.5) is 0 Å². The molecule has 21 heavy (non-hydrogen) atoms. The van der Waals surface area contributed by atoms with Crippen LogP contribution < -0.4 is 4.74 Å². The van der Waals surface area contributed by atoms with Gasteiger partial charge in [0.1, 0.15) is 11.5 Å². The Morgan fingerprint density at radius 2 is 1.86 bits per heavy atom. The molecule has 0 N–H and O–H groups in total. The molecule has 4 heteroatoms. The van der Waals surface area contributed by atoms with Gasteiger partial charge in [-0.1, -0.05) is 31.5 Å². The Labute approximate surface area is 129 Å². The number of esters is 1. The Balaban J connectivity index is 2.28. The molecule has 3 nitrogen and oxygen atoms in total. The van der Waals surface area contributed by atoms with E-state index in [1.54, 1.807) is 30.3 Å². The van der Waals surface area contributed by atoms with E-state index in [-0.39, 0.29) is 0 Å². The molecular weight excluding hydrogens is 288 g/mol. The maximum absolute atomic E-state index is 11.5. The first-order chi connectivity index (χ1) is 9.99. The average molecular weight is 305 g/mol. The van der Waals surface area contributed by atoms with Crippen molar-refractivity contribution in [1.82, 2.24) is 0 Å². The lowest BCUT2D eigenvalue weighted by atomic mass is 10.0. The quantitative estimate of drug-likeness (QED) is 0.742. The summed E-state index contributed by atoms with van der Waals surface area (Å²) < 4.78 is 10.5. The van der Waals surface area contributed by atoms with Crippen LogP contribution in [0.15, 0.2) is 42.5 Å². The van der Waals surface area contributed by atoms with Crippen LogP contribution in [0.5, 0.6) is 11.5 Å². The standard InChI is InChI=1S/C17H17ClO3/c1-11(2)13-7-14(18)10-16(9-13)21-15-6-4-5-12(8-15)17(19)20-3/h4-11H,1-3H3. The minimum atomic E-state index is -0.394. The Morgan fingerprint density at radius 1 is 1.10 bits per heavy atom. The predicted octanol–water partition coefficient (Wildman–Crippen LogP) is 5.04. The average Bonchev–Trinajstić information content (AvgIpc) is 2.46. The van der Waals surface area contributed by atoms with Crippen molar-refractivity contribution in [2.75, 3.05) is 7.11 Å². The topological polar surface area (TPSA) is 35.5 Å². The van der Waals surface area contributed by atoms with Gasteiger partial charge in [-0.15, -0.1) is 0 Å². The van der Waals surface area contributed by atoms with E-state index >= 15 is 0 Å². The fourth-order valence-electron chi connectivity index (χ4n) is 1.92. The predicted molar refractivity (Wildman–Crippen MR) is 83.4 cm³/mol. The highest BCUT2D eigenvalue weighted by atomic mass is 35.5. The molecule has 0 spiro atoms. The lowest BCUT2D eigenvalue weighted by Crippen LogP contribution is -2.00. The molecule has 0 saturated carbocycles. The largest absolute Gasteiger partial charge is 0.465 e. The van der Waals surface area contributed by atoms with Crippen molar-refractivity contribution in [3.8, 4) is 11.5 Å². The third-order valence-corrected chi connectivity index (χ3v) is 3.27. The second-order valence-electron chi connectivity index (χ2n) is 5.00. The van der Waals surface area contributed by atoms with Crippen molar-refractivity contribution in [2.24, 2.45) is 0 Å². The van der Waals surface area contributed by atoms with Crippen LogP contribution in [0.3, 0.4) is 0 Å². The summed E-state index contributed by atoms with van der Waals surface area (Å²) in [6.45, 7) is 4.18. The molecule has 0 aliphatic rings. The number of rotatable bonds is 4. The molecule has 2 aromatic carbocycles. The molecule has 0 saturated heterocycles. The lowest BCUT2D eigenvalue weighted by Gasteiger charge is -2.11. The van der Waals surface area contributed by atoms with Gasteiger partial charge in [-0.25, -0.2) is 4.79 Å². The van der Waals surface area contributed by atoms with E-state index in [1.807, 2.05) is 12.1 Å². The van der Waals surface area contributed by atoms with Crippen molar-refractivity contribution < 1.29 is 14.3 Å². The van der Waals surface area contributed by atoms with Gasteiger partial charge in [0.2, 0.25) is 0 Å². The number of carbonyl (C=O) groups is 1. The van der Waals surface area contributed by atoms with Crippen LogP contribution in [0.25, 0.3) is 0 Å². The third-order valence-electron chi connectivity index (χ3n) is 3.05. The molecule has 0 atom stereocenters. The lowest BCUT2D eigenvalue weighted by molar-refractivity contribution is 0.0600. The SMILES string of the molecule is COC(=O)c1cccc(Oc2cc(Cl)cc(C(C)C)c2)c1. The molecule has 0 fully saturated rings. The smallest absolute Gasteiger partial charge is 0.337 e. The van der Waals surface area contributed by atoms with Crippen molar-refractivity contribution >= 4 is 17.6 Å². The number of carbonyl (C=O) groups excluding carboxylic acids is 1. The zero-order valence-corrected chi connectivity index (χ0v) is 13.0. The number of benzene rings is 2. The van der Waals surface area contributed by atoms with Crippen LogP contribution in [0, 0.1) is 0 Å². The van der Waals surface area contributed by atoms with Gasteiger partial charge in [-0.3, -0.25) is 0 Å². The molecule has 0 heterocycles. The Morgan fingerprint density at radius 3 is 2.52 bits per heavy atom. The van der Waals surface area contributed by atoms with E-state index in [4.69, 9.17) is 21.1 Å². The molecule has 110 valence electrons. The molecule has 0 amide bonds. The van der Waals surface area contributed by atoms with Gasteiger partial charge in [-0.2, -0.15) is 0 Å². The minimum Gasteiger partial charge on any atom is -0.465 e. The third kappa shape index (κ3) is 3.99. The summed E-state index contributed by atoms with van der Waals surface area (Å²) in [5, 5.41) is 0.625. The number of hydrogen-bond donors (Lipinski definition) is 0. The zero-order valence-electron chi connectivity index (χ0n) is 12.2. The number of halogens is 1. The fourth-order valence-corrected chi connectivity index (χ4v) is 2.15. The molecular formula is C17H17ClO3. The van der Waals surface area contributed by atoms with Gasteiger partial charge in [-0.05, 0) is 47.9 Å². The Hall–Kier alpha value is -2.00. The molecule has 0 aromatic heterocycles. The molecule has 0 bridgehead atoms. The van der Waals surface area contributed by atoms with Gasteiger partial charge in [0, 0.05) is 5.02 Å². The van der Waals surface area contributed by atoms with Gasteiger partial charge in [0.05, 0.1) is 12.7 Å². The fraction of sp³-hybridized carbons (Fsp3) is 0.235. The maximum atomic E-state index is 11.5. The molecule has 2 rings (SSSR count). The van der Waals surface area contributed by atoms with E-state index in [9.17, 15) is 4.79 Å². The Kier molecular flexibility index (Phi) is 4.86. The van der Waals surface area contributed by atoms with Crippen LogP contribution in [0.1, 0.15) is 35.7 Å². The summed E-state index contributed by atoms with van der Waals surface area (Å²) in [5.74, 6) is 1.17. The first-order valence-electron chi connectivity index (χ1n) is 6.66. The van der Waals surface area contributed by atoms with Crippen LogP contribution in [-0.2, 0) is 4.74 Å². The molecule has 0 radical (unpaired) electrons. The molecule has 0 aliphatic heterocycles. The normalized spacial score (nSPS) is 10.5. The van der Waals surface area contributed by atoms with Crippen LogP contribution in [0.2, 0.25) is 5.02 Å². The van der Waals surface area contributed by atoms with Gasteiger partial charge < -0.3 is 9.47 Å². The summed E-state index contributed by atoms with van der Waals surface area (Å²) in [7, 11) is 1.35. The Bertz CT molecular complexity index is 650. The second kappa shape index (κ2) is 6.64. The summed E-state index contributed by atoms with van der Waals surface area (Å²) in [6.07, 6.45) is 0. The summed E-state index contributed by atoms with van der Waals surface area (Å²) in [6, 6.07) is 12.5. The second-order valence-corrected chi connectivity index (χ2v) is 5.43.